The molecule has 0 atom stereocenters. The minimum absolute atomic E-state index is 0.0899. The molecule has 2 aromatic rings. The van der Waals surface area contributed by atoms with Crippen molar-refractivity contribution in [2.75, 3.05) is 47.0 Å². The second-order valence-electron chi connectivity index (χ2n) is 7.13. The van der Waals surface area contributed by atoms with Gasteiger partial charge in [-0.05, 0) is 35.9 Å². The van der Waals surface area contributed by atoms with E-state index in [0.717, 1.165) is 17.7 Å². The number of sulfonamides is 1. The molecule has 8 nitrogen and oxygen atoms in total. The topological polar surface area (TPSA) is 85.4 Å². The van der Waals surface area contributed by atoms with E-state index in [0.29, 0.717) is 36.8 Å². The van der Waals surface area contributed by atoms with Gasteiger partial charge in [-0.25, -0.2) is 8.42 Å². The summed E-state index contributed by atoms with van der Waals surface area (Å²) in [4.78, 5) is 14.7. The zero-order valence-corrected chi connectivity index (χ0v) is 17.8. The van der Waals surface area contributed by atoms with Crippen molar-refractivity contribution in [3.8, 4) is 17.2 Å². The smallest absolute Gasteiger partial charge is 0.253 e. The van der Waals surface area contributed by atoms with E-state index in [-0.39, 0.29) is 23.9 Å². The van der Waals surface area contributed by atoms with Crippen LogP contribution in [0.15, 0.2) is 41.3 Å². The van der Waals surface area contributed by atoms with Crippen LogP contribution in [0.5, 0.6) is 17.2 Å². The average molecular weight is 432 g/mol. The SMILES string of the molecule is COc1ccc(S(=O)(=O)N2CCN(C(=O)c3ccc4c(c3)CCO4)CC2)cc1OC. The molecule has 1 saturated heterocycles. The highest BCUT2D eigenvalue weighted by Gasteiger charge is 2.31. The summed E-state index contributed by atoms with van der Waals surface area (Å²) >= 11 is 0. The molecule has 0 bridgehead atoms. The highest BCUT2D eigenvalue weighted by molar-refractivity contribution is 7.89. The van der Waals surface area contributed by atoms with E-state index >= 15 is 0 Å². The fourth-order valence-electron chi connectivity index (χ4n) is 3.76. The minimum Gasteiger partial charge on any atom is -0.493 e. The lowest BCUT2D eigenvalue weighted by Crippen LogP contribution is -2.50. The van der Waals surface area contributed by atoms with Crippen LogP contribution >= 0.6 is 0 Å². The number of hydrogen-bond donors (Lipinski definition) is 0. The zero-order valence-electron chi connectivity index (χ0n) is 17.0. The van der Waals surface area contributed by atoms with E-state index in [2.05, 4.69) is 0 Å². The lowest BCUT2D eigenvalue weighted by molar-refractivity contribution is 0.0698. The van der Waals surface area contributed by atoms with E-state index in [4.69, 9.17) is 14.2 Å². The number of piperazine rings is 1. The Morgan fingerprint density at radius 3 is 2.40 bits per heavy atom. The van der Waals surface area contributed by atoms with Crippen LogP contribution in [0.25, 0.3) is 0 Å². The van der Waals surface area contributed by atoms with Crippen LogP contribution in [-0.2, 0) is 16.4 Å². The fraction of sp³-hybridized carbons (Fsp3) is 0.381. The largest absolute Gasteiger partial charge is 0.493 e. The Labute approximate surface area is 176 Å². The Kier molecular flexibility index (Phi) is 5.57. The molecule has 0 radical (unpaired) electrons. The number of methoxy groups -OCH3 is 2. The van der Waals surface area contributed by atoms with Gasteiger partial charge in [-0.15, -0.1) is 0 Å². The summed E-state index contributed by atoms with van der Waals surface area (Å²) in [6, 6.07) is 9.99. The van der Waals surface area contributed by atoms with Gasteiger partial charge in [0.15, 0.2) is 11.5 Å². The predicted octanol–water partition coefficient (Wildman–Crippen LogP) is 1.79. The summed E-state index contributed by atoms with van der Waals surface area (Å²) in [6.45, 7) is 1.77. The van der Waals surface area contributed by atoms with E-state index in [1.54, 1.807) is 17.0 Å². The van der Waals surface area contributed by atoms with Crippen molar-refractivity contribution in [1.29, 1.82) is 0 Å². The van der Waals surface area contributed by atoms with Crippen LogP contribution in [-0.4, -0.2) is 70.5 Å². The lowest BCUT2D eigenvalue weighted by Gasteiger charge is -2.34. The Balaban J connectivity index is 1.45. The number of benzene rings is 2. The molecule has 2 heterocycles. The van der Waals surface area contributed by atoms with Crippen LogP contribution in [0.1, 0.15) is 15.9 Å². The third-order valence-corrected chi connectivity index (χ3v) is 7.35. The molecule has 30 heavy (non-hydrogen) atoms. The molecule has 0 saturated carbocycles. The van der Waals surface area contributed by atoms with Gasteiger partial charge in [0.05, 0.1) is 25.7 Å². The Bertz CT molecular complexity index is 1060. The van der Waals surface area contributed by atoms with Crippen molar-refractivity contribution in [2.45, 2.75) is 11.3 Å². The van der Waals surface area contributed by atoms with Crippen molar-refractivity contribution >= 4 is 15.9 Å². The Hall–Kier alpha value is -2.78. The van der Waals surface area contributed by atoms with Gasteiger partial charge in [0.1, 0.15) is 5.75 Å². The van der Waals surface area contributed by atoms with Gasteiger partial charge in [0, 0.05) is 44.2 Å². The van der Waals surface area contributed by atoms with Crippen LogP contribution in [0.2, 0.25) is 0 Å². The zero-order chi connectivity index (χ0) is 21.3. The maximum absolute atomic E-state index is 13.0. The van der Waals surface area contributed by atoms with E-state index in [1.807, 2.05) is 12.1 Å². The van der Waals surface area contributed by atoms with Gasteiger partial charge >= 0.3 is 0 Å². The van der Waals surface area contributed by atoms with Gasteiger partial charge in [-0.3, -0.25) is 4.79 Å². The molecule has 0 N–H and O–H groups in total. The molecular weight excluding hydrogens is 408 g/mol. The number of nitrogens with zero attached hydrogens (tertiary/aromatic N) is 2. The Morgan fingerprint density at radius 2 is 1.70 bits per heavy atom. The number of fused-ring (bicyclic) bond motifs is 1. The lowest BCUT2D eigenvalue weighted by atomic mass is 10.1. The summed E-state index contributed by atoms with van der Waals surface area (Å²) in [6.07, 6.45) is 0.799. The molecule has 2 aliphatic heterocycles. The van der Waals surface area contributed by atoms with Crippen LogP contribution in [0.4, 0.5) is 0 Å². The number of carbonyl (C=O) groups excluding carboxylic acids is 1. The molecular formula is C21H24N2O6S. The van der Waals surface area contributed by atoms with Crippen molar-refractivity contribution < 1.29 is 27.4 Å². The normalized spacial score (nSPS) is 16.7. The minimum atomic E-state index is -3.70. The second-order valence-corrected chi connectivity index (χ2v) is 9.07. The maximum atomic E-state index is 13.0. The van der Waals surface area contributed by atoms with E-state index in [9.17, 15) is 13.2 Å². The number of carbonyl (C=O) groups is 1. The monoisotopic (exact) mass is 432 g/mol. The van der Waals surface area contributed by atoms with E-state index in [1.165, 1.54) is 30.7 Å². The third kappa shape index (κ3) is 3.70. The van der Waals surface area contributed by atoms with Gasteiger partial charge in [0.25, 0.3) is 5.91 Å². The van der Waals surface area contributed by atoms with Crippen LogP contribution in [0.3, 0.4) is 0 Å². The van der Waals surface area contributed by atoms with Gasteiger partial charge in [-0.1, -0.05) is 0 Å². The third-order valence-electron chi connectivity index (χ3n) is 5.46. The maximum Gasteiger partial charge on any atom is 0.253 e. The molecule has 4 rings (SSSR count). The fourth-order valence-corrected chi connectivity index (χ4v) is 5.20. The highest BCUT2D eigenvalue weighted by Crippen LogP contribution is 2.31. The predicted molar refractivity (Wildman–Crippen MR) is 110 cm³/mol. The van der Waals surface area contributed by atoms with Crippen LogP contribution in [0, 0.1) is 0 Å². The first kappa shape index (κ1) is 20.5. The van der Waals surface area contributed by atoms with Crippen LogP contribution < -0.4 is 14.2 Å². The standard InChI is InChI=1S/C21H24N2O6S/c1-27-19-6-4-17(14-20(19)28-2)30(25,26)23-10-8-22(9-11-23)21(24)16-3-5-18-15(13-16)7-12-29-18/h3-6,13-14H,7-12H2,1-2H3. The van der Waals surface area contributed by atoms with Gasteiger partial charge in [0.2, 0.25) is 10.0 Å². The first-order valence-corrected chi connectivity index (χ1v) is 11.1. The molecule has 160 valence electrons. The van der Waals surface area contributed by atoms with Crippen molar-refractivity contribution in [3.63, 3.8) is 0 Å². The number of rotatable bonds is 5. The van der Waals surface area contributed by atoms with Gasteiger partial charge < -0.3 is 19.1 Å². The van der Waals surface area contributed by atoms with Crippen molar-refractivity contribution in [2.24, 2.45) is 0 Å². The van der Waals surface area contributed by atoms with Crippen molar-refractivity contribution in [1.82, 2.24) is 9.21 Å². The molecule has 1 fully saturated rings. The molecule has 0 aliphatic carbocycles. The summed E-state index contributed by atoms with van der Waals surface area (Å²) in [7, 11) is -0.740. The number of ether oxygens (including phenoxy) is 3. The summed E-state index contributed by atoms with van der Waals surface area (Å²) < 4.78 is 43.4. The molecule has 0 aromatic heterocycles. The highest BCUT2D eigenvalue weighted by atomic mass is 32.2. The first-order valence-electron chi connectivity index (χ1n) is 9.71. The van der Waals surface area contributed by atoms with Gasteiger partial charge in [-0.2, -0.15) is 4.31 Å². The molecule has 1 amide bonds. The van der Waals surface area contributed by atoms with Crippen molar-refractivity contribution in [3.05, 3.63) is 47.5 Å². The number of hydrogen-bond acceptors (Lipinski definition) is 6. The molecule has 2 aromatic carbocycles. The summed E-state index contributed by atoms with van der Waals surface area (Å²) in [5.41, 5.74) is 1.64. The molecule has 2 aliphatic rings. The quantitative estimate of drug-likeness (QED) is 0.716. The first-order chi connectivity index (χ1) is 14.4. The molecule has 0 unspecified atom stereocenters. The Morgan fingerprint density at radius 1 is 0.967 bits per heavy atom. The summed E-state index contributed by atoms with van der Waals surface area (Å²) in [5, 5.41) is 0. The second kappa shape index (κ2) is 8.16. The molecule has 9 heteroatoms. The summed E-state index contributed by atoms with van der Waals surface area (Å²) in [5.74, 6) is 1.56. The average Bonchev–Trinajstić information content (AvgIpc) is 3.26. The number of amides is 1. The molecule has 0 spiro atoms. The van der Waals surface area contributed by atoms with E-state index < -0.39 is 10.0 Å².